The first-order chi connectivity index (χ1) is 7.71. The molecule has 0 radical (unpaired) electrons. The molecule has 0 saturated heterocycles. The fraction of sp³-hybridized carbons (Fsp3) is 0.692. The van der Waals surface area contributed by atoms with Gasteiger partial charge in [0, 0.05) is 10.8 Å². The molecule has 0 atom stereocenters. The van der Waals surface area contributed by atoms with Gasteiger partial charge in [-0.3, -0.25) is 9.98 Å². The maximum atomic E-state index is 4.47. The smallest absolute Gasteiger partial charge is 0.131 e. The Balaban J connectivity index is 2.78. The summed E-state index contributed by atoms with van der Waals surface area (Å²) < 4.78 is 0. The first-order valence-corrected chi connectivity index (χ1v) is 5.98. The second-order valence-corrected chi connectivity index (χ2v) is 6.55. The molecule has 0 N–H and O–H groups in total. The second-order valence-electron chi connectivity index (χ2n) is 6.55. The minimum atomic E-state index is -0.0448. The summed E-state index contributed by atoms with van der Waals surface area (Å²) in [5.74, 6) is 0. The van der Waals surface area contributed by atoms with Crippen molar-refractivity contribution in [3.63, 3.8) is 0 Å². The van der Waals surface area contributed by atoms with Crippen LogP contribution in [0.5, 0.6) is 0 Å². The molecule has 0 aliphatic carbocycles. The third-order valence-corrected chi connectivity index (χ3v) is 2.80. The summed E-state index contributed by atoms with van der Waals surface area (Å²) in [5, 5.41) is 10.7. The van der Waals surface area contributed by atoms with E-state index in [1.54, 1.807) is 0 Å². The molecular formula is C13H20N4. The summed E-state index contributed by atoms with van der Waals surface area (Å²) >= 11 is 0. The number of nitrogens with zero attached hydrogens (tertiary/aromatic N) is 4. The first kappa shape index (κ1) is 12.1. The lowest BCUT2D eigenvalue weighted by molar-refractivity contribution is 0.514. The van der Waals surface area contributed by atoms with E-state index >= 15 is 0 Å². The van der Waals surface area contributed by atoms with Crippen LogP contribution >= 0.6 is 0 Å². The molecule has 0 bridgehead atoms. The molecule has 4 nitrogen and oxygen atoms in total. The summed E-state index contributed by atoms with van der Waals surface area (Å²) in [7, 11) is 0. The maximum absolute atomic E-state index is 4.47. The normalized spacial score (nSPS) is 15.2. The van der Waals surface area contributed by atoms with Gasteiger partial charge in [0.25, 0.3) is 0 Å². The van der Waals surface area contributed by atoms with Gasteiger partial charge in [-0.15, -0.1) is 0 Å². The molecule has 0 amide bonds. The molecule has 4 heteroatoms. The van der Waals surface area contributed by atoms with Gasteiger partial charge in [-0.1, -0.05) is 41.5 Å². The molecule has 92 valence electrons. The Bertz CT molecular complexity index is 508. The van der Waals surface area contributed by atoms with Gasteiger partial charge >= 0.3 is 0 Å². The molecule has 0 spiro atoms. The van der Waals surface area contributed by atoms with E-state index in [1.165, 1.54) is 0 Å². The SMILES string of the molecule is CC(C)(C)c1nnc(C(C)(C)C)c2c1=NCN=2. The van der Waals surface area contributed by atoms with Crippen LogP contribution in [-0.2, 0) is 10.8 Å². The Morgan fingerprint density at radius 2 is 1.06 bits per heavy atom. The number of aromatic nitrogens is 2. The largest absolute Gasteiger partial charge is 0.258 e. The van der Waals surface area contributed by atoms with Crippen molar-refractivity contribution in [2.45, 2.75) is 52.4 Å². The van der Waals surface area contributed by atoms with Crippen molar-refractivity contribution in [1.82, 2.24) is 10.2 Å². The van der Waals surface area contributed by atoms with Crippen molar-refractivity contribution in [2.75, 3.05) is 6.67 Å². The topological polar surface area (TPSA) is 50.5 Å². The number of fused-ring (bicyclic) bond motifs is 1. The lowest BCUT2D eigenvalue weighted by Gasteiger charge is -2.20. The van der Waals surface area contributed by atoms with Gasteiger partial charge in [0.2, 0.25) is 0 Å². The van der Waals surface area contributed by atoms with E-state index in [1.807, 2.05) is 0 Å². The minimum absolute atomic E-state index is 0.0448. The van der Waals surface area contributed by atoms with Crippen molar-refractivity contribution >= 4 is 0 Å². The fourth-order valence-electron chi connectivity index (χ4n) is 1.91. The zero-order valence-corrected chi connectivity index (χ0v) is 11.5. The van der Waals surface area contributed by atoms with E-state index in [-0.39, 0.29) is 10.8 Å². The quantitative estimate of drug-likeness (QED) is 0.676. The van der Waals surface area contributed by atoms with Gasteiger partial charge in [-0.05, 0) is 0 Å². The standard InChI is InChI=1S/C13H20N4/c1-12(2,3)10-8-9(15-7-14-8)11(17-16-10)13(4,5)6/h7H2,1-6H3. The fourth-order valence-corrected chi connectivity index (χ4v) is 1.91. The molecule has 1 aliphatic heterocycles. The summed E-state index contributed by atoms with van der Waals surface area (Å²) in [4.78, 5) is 8.94. The molecule has 1 aromatic rings. The van der Waals surface area contributed by atoms with Crippen LogP contribution in [0.25, 0.3) is 0 Å². The van der Waals surface area contributed by atoms with E-state index < -0.39 is 0 Å². The number of rotatable bonds is 0. The van der Waals surface area contributed by atoms with Crippen LogP contribution in [-0.4, -0.2) is 16.9 Å². The summed E-state index contributed by atoms with van der Waals surface area (Å²) in [6.45, 7) is 13.3. The molecule has 2 rings (SSSR count). The first-order valence-electron chi connectivity index (χ1n) is 5.98. The van der Waals surface area contributed by atoms with E-state index in [0.717, 1.165) is 22.1 Å². The van der Waals surface area contributed by atoms with E-state index in [9.17, 15) is 0 Å². The maximum Gasteiger partial charge on any atom is 0.131 e. The average Bonchev–Trinajstić information content (AvgIpc) is 2.60. The third kappa shape index (κ3) is 2.08. The van der Waals surface area contributed by atoms with Crippen LogP contribution < -0.4 is 10.7 Å². The highest BCUT2D eigenvalue weighted by Gasteiger charge is 2.26. The van der Waals surface area contributed by atoms with Gasteiger partial charge in [-0.2, -0.15) is 10.2 Å². The molecular weight excluding hydrogens is 212 g/mol. The van der Waals surface area contributed by atoms with Crippen molar-refractivity contribution in [2.24, 2.45) is 9.98 Å². The third-order valence-electron chi connectivity index (χ3n) is 2.80. The van der Waals surface area contributed by atoms with Crippen molar-refractivity contribution in [1.29, 1.82) is 0 Å². The van der Waals surface area contributed by atoms with Gasteiger partial charge in [-0.25, -0.2) is 0 Å². The highest BCUT2D eigenvalue weighted by molar-refractivity contribution is 5.19. The monoisotopic (exact) mass is 232 g/mol. The van der Waals surface area contributed by atoms with E-state index in [4.69, 9.17) is 0 Å². The molecule has 2 heterocycles. The molecule has 0 saturated carbocycles. The van der Waals surface area contributed by atoms with Crippen LogP contribution in [0.1, 0.15) is 52.9 Å². The van der Waals surface area contributed by atoms with Crippen molar-refractivity contribution in [3.8, 4) is 0 Å². The van der Waals surface area contributed by atoms with Crippen LogP contribution in [0, 0.1) is 0 Å². The van der Waals surface area contributed by atoms with E-state index in [0.29, 0.717) is 6.67 Å². The molecule has 0 unspecified atom stereocenters. The Kier molecular flexibility index (Phi) is 2.56. The highest BCUT2D eigenvalue weighted by atomic mass is 15.1. The lowest BCUT2D eigenvalue weighted by Crippen LogP contribution is -2.41. The van der Waals surface area contributed by atoms with E-state index in [2.05, 4.69) is 61.7 Å². The lowest BCUT2D eigenvalue weighted by atomic mass is 9.88. The van der Waals surface area contributed by atoms with Crippen molar-refractivity contribution < 1.29 is 0 Å². The van der Waals surface area contributed by atoms with Crippen LogP contribution in [0.15, 0.2) is 9.98 Å². The van der Waals surface area contributed by atoms with Gasteiger partial charge in [0.15, 0.2) is 0 Å². The van der Waals surface area contributed by atoms with Crippen LogP contribution in [0.4, 0.5) is 0 Å². The number of hydrogen-bond donors (Lipinski definition) is 0. The predicted octanol–water partition coefficient (Wildman–Crippen LogP) is 1.28. The molecule has 0 fully saturated rings. The van der Waals surface area contributed by atoms with Crippen LogP contribution in [0.2, 0.25) is 0 Å². The van der Waals surface area contributed by atoms with Crippen LogP contribution in [0.3, 0.4) is 0 Å². The predicted molar refractivity (Wildman–Crippen MR) is 66.6 cm³/mol. The van der Waals surface area contributed by atoms with Gasteiger partial charge in [0.1, 0.15) is 17.4 Å². The Hall–Kier alpha value is -1.32. The van der Waals surface area contributed by atoms with Gasteiger partial charge < -0.3 is 0 Å². The second kappa shape index (κ2) is 3.59. The average molecular weight is 232 g/mol. The molecule has 1 aliphatic rings. The minimum Gasteiger partial charge on any atom is -0.258 e. The molecule has 1 aromatic heterocycles. The van der Waals surface area contributed by atoms with Gasteiger partial charge in [0.05, 0.1) is 11.4 Å². The Labute approximate surface area is 102 Å². The summed E-state index contributed by atoms with van der Waals surface area (Å²) in [6.07, 6.45) is 0. The molecule has 0 aromatic carbocycles. The van der Waals surface area contributed by atoms with Crippen molar-refractivity contribution in [3.05, 3.63) is 22.1 Å². The summed E-state index contributed by atoms with van der Waals surface area (Å²) in [5.41, 5.74) is 1.80. The summed E-state index contributed by atoms with van der Waals surface area (Å²) in [6, 6.07) is 0. The zero-order chi connectivity index (χ0) is 12.8. The highest BCUT2D eigenvalue weighted by Crippen LogP contribution is 2.19. The molecule has 17 heavy (non-hydrogen) atoms. The number of hydrogen-bond acceptors (Lipinski definition) is 4. The zero-order valence-electron chi connectivity index (χ0n) is 11.5. The Morgan fingerprint density at radius 1 is 0.706 bits per heavy atom. The Morgan fingerprint density at radius 3 is 1.35 bits per heavy atom.